The Bertz CT molecular complexity index is 791. The van der Waals surface area contributed by atoms with E-state index < -0.39 is 0 Å². The van der Waals surface area contributed by atoms with Gasteiger partial charge in [-0.2, -0.15) is 5.26 Å². The largest absolute Gasteiger partial charge is 0.484 e. The van der Waals surface area contributed by atoms with Crippen LogP contribution in [0.3, 0.4) is 0 Å². The van der Waals surface area contributed by atoms with Crippen molar-refractivity contribution in [2.45, 2.75) is 38.6 Å². The number of carbonyl (C=O) groups excluding carboxylic acids is 1. The van der Waals surface area contributed by atoms with E-state index in [1.807, 2.05) is 6.92 Å². The molecule has 2 aromatic carbocycles. The van der Waals surface area contributed by atoms with Crippen LogP contribution in [0.1, 0.15) is 48.1 Å². The van der Waals surface area contributed by atoms with E-state index in [1.54, 1.807) is 24.3 Å². The maximum Gasteiger partial charge on any atom is 0.258 e. The molecule has 128 valence electrons. The summed E-state index contributed by atoms with van der Waals surface area (Å²) in [4.78, 5) is 12.1. The second-order valence-electron chi connectivity index (χ2n) is 6.45. The number of ether oxygens (including phenoxy) is 1. The van der Waals surface area contributed by atoms with E-state index in [2.05, 4.69) is 29.6 Å². The highest BCUT2D eigenvalue weighted by molar-refractivity contribution is 5.78. The molecule has 0 saturated heterocycles. The molecule has 0 spiro atoms. The van der Waals surface area contributed by atoms with Crippen LogP contribution in [-0.2, 0) is 17.6 Å². The van der Waals surface area contributed by atoms with Gasteiger partial charge in [0.25, 0.3) is 5.91 Å². The molecule has 1 amide bonds. The van der Waals surface area contributed by atoms with Crippen LogP contribution in [-0.4, -0.2) is 12.5 Å². The van der Waals surface area contributed by atoms with E-state index in [0.29, 0.717) is 11.3 Å². The number of nitriles is 1. The van der Waals surface area contributed by atoms with Crippen LogP contribution in [0.4, 0.5) is 0 Å². The van der Waals surface area contributed by atoms with Crippen molar-refractivity contribution < 1.29 is 9.53 Å². The molecule has 1 unspecified atom stereocenters. The van der Waals surface area contributed by atoms with Crippen LogP contribution in [0.25, 0.3) is 0 Å². The lowest BCUT2D eigenvalue weighted by atomic mass is 9.89. The fraction of sp³-hybridized carbons (Fsp3) is 0.333. The first-order chi connectivity index (χ1) is 12.2. The Balaban J connectivity index is 1.54. The molecule has 0 aliphatic heterocycles. The van der Waals surface area contributed by atoms with Crippen molar-refractivity contribution >= 4 is 5.91 Å². The normalized spacial score (nSPS) is 14.1. The number of benzene rings is 2. The third-order valence-corrected chi connectivity index (χ3v) is 4.60. The highest BCUT2D eigenvalue weighted by Gasteiger charge is 2.14. The second-order valence-corrected chi connectivity index (χ2v) is 6.45. The van der Waals surface area contributed by atoms with Gasteiger partial charge in [0.15, 0.2) is 6.61 Å². The Kier molecular flexibility index (Phi) is 5.35. The molecule has 0 radical (unpaired) electrons. The van der Waals surface area contributed by atoms with Gasteiger partial charge in [0.05, 0.1) is 17.7 Å². The van der Waals surface area contributed by atoms with Gasteiger partial charge >= 0.3 is 0 Å². The quantitative estimate of drug-likeness (QED) is 0.907. The van der Waals surface area contributed by atoms with Crippen LogP contribution >= 0.6 is 0 Å². The third-order valence-electron chi connectivity index (χ3n) is 4.60. The van der Waals surface area contributed by atoms with Crippen LogP contribution in [0.5, 0.6) is 5.75 Å². The van der Waals surface area contributed by atoms with E-state index in [0.717, 1.165) is 18.4 Å². The van der Waals surface area contributed by atoms with Crippen molar-refractivity contribution in [3.63, 3.8) is 0 Å². The number of nitrogens with one attached hydrogen (secondary N) is 1. The van der Waals surface area contributed by atoms with Crippen molar-refractivity contribution in [2.24, 2.45) is 0 Å². The molecule has 0 aromatic heterocycles. The smallest absolute Gasteiger partial charge is 0.258 e. The predicted octanol–water partition coefficient (Wildman–Crippen LogP) is 3.69. The Morgan fingerprint density at radius 2 is 1.88 bits per heavy atom. The van der Waals surface area contributed by atoms with E-state index in [9.17, 15) is 4.79 Å². The molecule has 4 nitrogen and oxygen atoms in total. The molecule has 4 heteroatoms. The standard InChI is InChI=1S/C21H22N2O2/c1-15(18-9-8-17-4-2-3-5-19(17)12-18)23-21(24)14-25-20-10-6-16(13-22)7-11-20/h6-12,15H,2-5,14H2,1H3,(H,23,24). The highest BCUT2D eigenvalue weighted by atomic mass is 16.5. The summed E-state index contributed by atoms with van der Waals surface area (Å²) in [6, 6.07) is 15.2. The number of hydrogen-bond acceptors (Lipinski definition) is 3. The molecule has 1 N–H and O–H groups in total. The Labute approximate surface area is 148 Å². The van der Waals surface area contributed by atoms with Crippen LogP contribution in [0.2, 0.25) is 0 Å². The SMILES string of the molecule is CC(NC(=O)COc1ccc(C#N)cc1)c1ccc2c(c1)CCCC2. The Morgan fingerprint density at radius 3 is 2.60 bits per heavy atom. The van der Waals surface area contributed by atoms with Crippen molar-refractivity contribution in [1.82, 2.24) is 5.32 Å². The molecular formula is C21H22N2O2. The van der Waals surface area contributed by atoms with Crippen molar-refractivity contribution in [3.8, 4) is 11.8 Å². The zero-order valence-electron chi connectivity index (χ0n) is 14.4. The van der Waals surface area contributed by atoms with Gasteiger partial charge in [-0.3, -0.25) is 4.79 Å². The summed E-state index contributed by atoms with van der Waals surface area (Å²) in [6.07, 6.45) is 4.81. The molecule has 0 fully saturated rings. The number of hydrogen-bond donors (Lipinski definition) is 1. The zero-order chi connectivity index (χ0) is 17.6. The fourth-order valence-electron chi connectivity index (χ4n) is 3.16. The second kappa shape index (κ2) is 7.85. The molecule has 1 aliphatic carbocycles. The van der Waals surface area contributed by atoms with E-state index in [4.69, 9.17) is 10.00 Å². The number of fused-ring (bicyclic) bond motifs is 1. The average Bonchev–Trinajstić information content (AvgIpc) is 2.66. The number of nitrogens with zero attached hydrogens (tertiary/aromatic N) is 1. The molecule has 25 heavy (non-hydrogen) atoms. The average molecular weight is 334 g/mol. The predicted molar refractivity (Wildman–Crippen MR) is 96.3 cm³/mol. The first-order valence-corrected chi connectivity index (χ1v) is 8.70. The minimum atomic E-state index is -0.158. The number of carbonyl (C=O) groups is 1. The molecule has 1 atom stereocenters. The molecule has 0 saturated carbocycles. The van der Waals surface area contributed by atoms with Gasteiger partial charge in [-0.1, -0.05) is 18.2 Å². The van der Waals surface area contributed by atoms with Crippen LogP contribution in [0.15, 0.2) is 42.5 Å². The minimum absolute atomic E-state index is 0.0405. The van der Waals surface area contributed by atoms with E-state index in [1.165, 1.54) is 24.0 Å². The van der Waals surface area contributed by atoms with Crippen molar-refractivity contribution in [2.75, 3.05) is 6.61 Å². The highest BCUT2D eigenvalue weighted by Crippen LogP contribution is 2.24. The van der Waals surface area contributed by atoms with Gasteiger partial charge in [-0.15, -0.1) is 0 Å². The lowest BCUT2D eigenvalue weighted by Crippen LogP contribution is -2.31. The summed E-state index contributed by atoms with van der Waals surface area (Å²) < 4.78 is 5.47. The van der Waals surface area contributed by atoms with Crippen LogP contribution in [0, 0.1) is 11.3 Å². The van der Waals surface area contributed by atoms with Gasteiger partial charge in [-0.25, -0.2) is 0 Å². The maximum absolute atomic E-state index is 12.1. The maximum atomic E-state index is 12.1. The lowest BCUT2D eigenvalue weighted by Gasteiger charge is -2.20. The third kappa shape index (κ3) is 4.39. The number of aryl methyl sites for hydroxylation is 2. The van der Waals surface area contributed by atoms with E-state index >= 15 is 0 Å². The molecule has 0 heterocycles. The van der Waals surface area contributed by atoms with Crippen molar-refractivity contribution in [3.05, 3.63) is 64.7 Å². The fourth-order valence-corrected chi connectivity index (χ4v) is 3.16. The van der Waals surface area contributed by atoms with Gasteiger partial charge < -0.3 is 10.1 Å². The molecule has 1 aliphatic rings. The molecule has 0 bridgehead atoms. The van der Waals surface area contributed by atoms with E-state index in [-0.39, 0.29) is 18.6 Å². The molecular weight excluding hydrogens is 312 g/mol. The van der Waals surface area contributed by atoms with Gasteiger partial charge in [-0.05, 0) is 73.6 Å². The Morgan fingerprint density at radius 1 is 1.16 bits per heavy atom. The minimum Gasteiger partial charge on any atom is -0.484 e. The zero-order valence-corrected chi connectivity index (χ0v) is 14.4. The van der Waals surface area contributed by atoms with Crippen molar-refractivity contribution in [1.29, 1.82) is 5.26 Å². The lowest BCUT2D eigenvalue weighted by molar-refractivity contribution is -0.123. The number of rotatable bonds is 5. The van der Waals surface area contributed by atoms with Gasteiger partial charge in [0, 0.05) is 0 Å². The van der Waals surface area contributed by atoms with Gasteiger partial charge in [0.1, 0.15) is 5.75 Å². The van der Waals surface area contributed by atoms with Crippen LogP contribution < -0.4 is 10.1 Å². The first kappa shape index (κ1) is 17.0. The first-order valence-electron chi connectivity index (χ1n) is 8.70. The summed E-state index contributed by atoms with van der Waals surface area (Å²) >= 11 is 0. The molecule has 2 aromatic rings. The summed E-state index contributed by atoms with van der Waals surface area (Å²) in [5.74, 6) is 0.421. The monoisotopic (exact) mass is 334 g/mol. The Hall–Kier alpha value is -2.80. The van der Waals surface area contributed by atoms with Gasteiger partial charge in [0.2, 0.25) is 0 Å². The summed E-state index contributed by atoms with van der Waals surface area (Å²) in [5.41, 5.74) is 4.56. The summed E-state index contributed by atoms with van der Waals surface area (Å²) in [7, 11) is 0. The topological polar surface area (TPSA) is 62.1 Å². The number of amides is 1. The summed E-state index contributed by atoms with van der Waals surface area (Å²) in [6.45, 7) is 1.95. The molecule has 3 rings (SSSR count). The summed E-state index contributed by atoms with van der Waals surface area (Å²) in [5, 5.41) is 11.8.